The Kier molecular flexibility index (Phi) is 5.03. The number of oxime groups is 1. The number of hydrogen-bond donors (Lipinski definition) is 4. The molecule has 6 heteroatoms. The number of amidine groups is 1. The molecule has 0 radical (unpaired) electrons. The van der Waals surface area contributed by atoms with Crippen LogP contribution in [0.1, 0.15) is 43.2 Å². The summed E-state index contributed by atoms with van der Waals surface area (Å²) in [7, 11) is 0. The van der Waals surface area contributed by atoms with Crippen LogP contribution in [0.15, 0.2) is 23.4 Å². The fourth-order valence-corrected chi connectivity index (χ4v) is 2.75. The second-order valence-corrected chi connectivity index (χ2v) is 5.42. The molecule has 1 aromatic carbocycles. The molecule has 2 rings (SSSR count). The highest BCUT2D eigenvalue weighted by Crippen LogP contribution is 2.20. The van der Waals surface area contributed by atoms with Crippen LogP contribution in [-0.2, 0) is 0 Å². The van der Waals surface area contributed by atoms with E-state index >= 15 is 0 Å². The molecule has 1 aliphatic rings. The van der Waals surface area contributed by atoms with Gasteiger partial charge in [-0.25, -0.2) is 4.79 Å². The van der Waals surface area contributed by atoms with Crippen LogP contribution >= 0.6 is 0 Å². The lowest BCUT2D eigenvalue weighted by atomic mass is 9.96. The van der Waals surface area contributed by atoms with Crippen LogP contribution in [0.2, 0.25) is 0 Å². The van der Waals surface area contributed by atoms with Crippen LogP contribution in [0.25, 0.3) is 0 Å². The molecule has 5 N–H and O–H groups in total. The molecule has 0 heterocycles. The first kappa shape index (κ1) is 15.2. The second-order valence-electron chi connectivity index (χ2n) is 5.42. The van der Waals surface area contributed by atoms with Crippen LogP contribution in [0.4, 0.5) is 10.5 Å². The number of nitrogens with one attached hydrogen (secondary N) is 2. The van der Waals surface area contributed by atoms with Crippen molar-refractivity contribution in [1.29, 1.82) is 0 Å². The number of aryl methyl sites for hydroxylation is 1. The first-order valence-electron chi connectivity index (χ1n) is 7.27. The molecule has 0 aliphatic heterocycles. The monoisotopic (exact) mass is 290 g/mol. The molecule has 1 saturated carbocycles. The van der Waals surface area contributed by atoms with Gasteiger partial charge in [-0.2, -0.15) is 0 Å². The van der Waals surface area contributed by atoms with E-state index in [0.29, 0.717) is 11.3 Å². The van der Waals surface area contributed by atoms with Gasteiger partial charge in [-0.1, -0.05) is 36.6 Å². The first-order valence-corrected chi connectivity index (χ1v) is 7.27. The number of urea groups is 1. The molecular weight excluding hydrogens is 268 g/mol. The average molecular weight is 290 g/mol. The van der Waals surface area contributed by atoms with Crippen molar-refractivity contribution >= 4 is 17.6 Å². The molecule has 0 atom stereocenters. The summed E-state index contributed by atoms with van der Waals surface area (Å²) in [6.45, 7) is 1.84. The van der Waals surface area contributed by atoms with Gasteiger partial charge in [0.15, 0.2) is 5.84 Å². The van der Waals surface area contributed by atoms with Gasteiger partial charge in [-0.3, -0.25) is 0 Å². The maximum Gasteiger partial charge on any atom is 0.319 e. The van der Waals surface area contributed by atoms with Gasteiger partial charge in [-0.05, 0) is 31.4 Å². The van der Waals surface area contributed by atoms with Gasteiger partial charge in [0.2, 0.25) is 0 Å². The highest BCUT2D eigenvalue weighted by molar-refractivity contribution is 6.06. The Labute approximate surface area is 124 Å². The minimum atomic E-state index is -0.250. The van der Waals surface area contributed by atoms with E-state index in [-0.39, 0.29) is 17.9 Å². The fraction of sp³-hybridized carbons (Fsp3) is 0.467. The molecule has 2 amide bonds. The Hall–Kier alpha value is -2.24. The Balaban J connectivity index is 2.08. The van der Waals surface area contributed by atoms with Gasteiger partial charge in [0.25, 0.3) is 0 Å². The Morgan fingerprint density at radius 3 is 2.71 bits per heavy atom. The topological polar surface area (TPSA) is 99.7 Å². The predicted molar refractivity (Wildman–Crippen MR) is 82.7 cm³/mol. The lowest BCUT2D eigenvalue weighted by Crippen LogP contribution is -2.39. The molecule has 1 aliphatic carbocycles. The van der Waals surface area contributed by atoms with E-state index in [9.17, 15) is 4.79 Å². The minimum Gasteiger partial charge on any atom is -0.409 e. The van der Waals surface area contributed by atoms with Gasteiger partial charge in [0, 0.05) is 11.6 Å². The molecule has 6 nitrogen and oxygen atoms in total. The smallest absolute Gasteiger partial charge is 0.319 e. The zero-order valence-electron chi connectivity index (χ0n) is 12.2. The lowest BCUT2D eigenvalue weighted by Gasteiger charge is -2.23. The molecule has 0 saturated heterocycles. The SMILES string of the molecule is Cc1cccc(NC(=O)NC2CCCCC2)c1/C(N)=N/O. The van der Waals surface area contributed by atoms with E-state index in [1.165, 1.54) is 6.42 Å². The molecule has 0 bridgehead atoms. The van der Waals surface area contributed by atoms with Crippen molar-refractivity contribution in [1.82, 2.24) is 5.32 Å². The molecule has 21 heavy (non-hydrogen) atoms. The standard InChI is InChI=1S/C15H22N4O2/c1-10-6-5-9-12(13(10)14(16)19-21)18-15(20)17-11-7-3-2-4-8-11/h5-6,9,11,21H,2-4,7-8H2,1H3,(H2,16,19)(H2,17,18,20). The van der Waals surface area contributed by atoms with Gasteiger partial charge in [0.05, 0.1) is 5.69 Å². The number of nitrogens with two attached hydrogens (primary N) is 1. The number of amides is 2. The van der Waals surface area contributed by atoms with Gasteiger partial charge in [-0.15, -0.1) is 0 Å². The number of carbonyl (C=O) groups excluding carboxylic acids is 1. The van der Waals surface area contributed by atoms with Crippen molar-refractivity contribution in [3.8, 4) is 0 Å². The molecular formula is C15H22N4O2. The van der Waals surface area contributed by atoms with E-state index in [1.54, 1.807) is 6.07 Å². The van der Waals surface area contributed by atoms with Gasteiger partial charge in [0.1, 0.15) is 0 Å². The third-order valence-electron chi connectivity index (χ3n) is 3.83. The van der Waals surface area contributed by atoms with Crippen LogP contribution in [-0.4, -0.2) is 23.1 Å². The van der Waals surface area contributed by atoms with Crippen LogP contribution in [0, 0.1) is 6.92 Å². The quantitative estimate of drug-likeness (QED) is 0.298. The van der Waals surface area contributed by atoms with Gasteiger partial charge < -0.3 is 21.6 Å². The van der Waals surface area contributed by atoms with E-state index < -0.39 is 0 Å². The largest absolute Gasteiger partial charge is 0.409 e. The number of rotatable bonds is 3. The highest BCUT2D eigenvalue weighted by Gasteiger charge is 2.17. The number of nitrogens with zero attached hydrogens (tertiary/aromatic N) is 1. The maximum absolute atomic E-state index is 12.1. The maximum atomic E-state index is 12.1. The van der Waals surface area contributed by atoms with Crippen LogP contribution in [0.5, 0.6) is 0 Å². The lowest BCUT2D eigenvalue weighted by molar-refractivity contribution is 0.244. The van der Waals surface area contributed by atoms with Crippen molar-refractivity contribution in [2.24, 2.45) is 10.9 Å². The zero-order chi connectivity index (χ0) is 15.2. The summed E-state index contributed by atoms with van der Waals surface area (Å²) in [5.74, 6) is -0.0129. The summed E-state index contributed by atoms with van der Waals surface area (Å²) in [5.41, 5.74) is 7.60. The normalized spacial score (nSPS) is 16.5. The fourth-order valence-electron chi connectivity index (χ4n) is 2.75. The second kappa shape index (κ2) is 6.97. The number of anilines is 1. The number of benzene rings is 1. The summed E-state index contributed by atoms with van der Waals surface area (Å²) < 4.78 is 0. The zero-order valence-corrected chi connectivity index (χ0v) is 12.2. The van der Waals surface area contributed by atoms with Crippen LogP contribution < -0.4 is 16.4 Å². The minimum absolute atomic E-state index is 0.0129. The van der Waals surface area contributed by atoms with Crippen molar-refractivity contribution < 1.29 is 10.0 Å². The Morgan fingerprint density at radius 1 is 1.33 bits per heavy atom. The van der Waals surface area contributed by atoms with Crippen molar-refractivity contribution in [2.45, 2.75) is 45.1 Å². The van der Waals surface area contributed by atoms with E-state index in [4.69, 9.17) is 10.9 Å². The summed E-state index contributed by atoms with van der Waals surface area (Å²) in [5, 5.41) is 17.7. The molecule has 0 unspecified atom stereocenters. The van der Waals surface area contributed by atoms with Crippen molar-refractivity contribution in [2.75, 3.05) is 5.32 Å². The average Bonchev–Trinajstić information content (AvgIpc) is 2.47. The van der Waals surface area contributed by atoms with Crippen LogP contribution in [0.3, 0.4) is 0 Å². The van der Waals surface area contributed by atoms with Crippen molar-refractivity contribution in [3.63, 3.8) is 0 Å². The Bertz CT molecular complexity index is 536. The Morgan fingerprint density at radius 2 is 2.05 bits per heavy atom. The molecule has 0 spiro atoms. The third kappa shape index (κ3) is 3.87. The highest BCUT2D eigenvalue weighted by atomic mass is 16.4. The van der Waals surface area contributed by atoms with E-state index in [1.807, 2.05) is 19.1 Å². The summed E-state index contributed by atoms with van der Waals surface area (Å²) in [6, 6.07) is 5.38. The third-order valence-corrected chi connectivity index (χ3v) is 3.83. The molecule has 114 valence electrons. The first-order chi connectivity index (χ1) is 10.1. The van der Waals surface area contributed by atoms with Crippen molar-refractivity contribution in [3.05, 3.63) is 29.3 Å². The molecule has 0 aromatic heterocycles. The van der Waals surface area contributed by atoms with E-state index in [0.717, 1.165) is 31.2 Å². The summed E-state index contributed by atoms with van der Waals surface area (Å²) in [4.78, 5) is 12.1. The number of hydrogen-bond acceptors (Lipinski definition) is 3. The molecule has 1 aromatic rings. The predicted octanol–water partition coefficient (Wildman–Crippen LogP) is 2.54. The summed E-state index contributed by atoms with van der Waals surface area (Å²) in [6.07, 6.45) is 5.60. The van der Waals surface area contributed by atoms with E-state index in [2.05, 4.69) is 15.8 Å². The summed E-state index contributed by atoms with van der Waals surface area (Å²) >= 11 is 0. The molecule has 1 fully saturated rings. The number of carbonyl (C=O) groups is 1. The van der Waals surface area contributed by atoms with Gasteiger partial charge >= 0.3 is 6.03 Å².